The number of pyridine rings is 1. The van der Waals surface area contributed by atoms with Gasteiger partial charge in [0.05, 0.1) is 5.41 Å². The van der Waals surface area contributed by atoms with Crippen molar-refractivity contribution in [3.05, 3.63) is 59.7 Å². The van der Waals surface area contributed by atoms with Crippen LogP contribution in [-0.4, -0.2) is 22.5 Å². The second-order valence-corrected chi connectivity index (χ2v) is 7.83. The van der Waals surface area contributed by atoms with Crippen LogP contribution in [0.15, 0.2) is 42.6 Å². The molecule has 0 aliphatic heterocycles. The Bertz CT molecular complexity index is 835. The van der Waals surface area contributed by atoms with Gasteiger partial charge in [0.25, 0.3) is 0 Å². The van der Waals surface area contributed by atoms with Crippen molar-refractivity contribution in [2.24, 2.45) is 0 Å². The number of hydrogen-bond acceptors (Lipinski definition) is 4. The molecule has 0 spiro atoms. The van der Waals surface area contributed by atoms with Crippen molar-refractivity contribution >= 4 is 17.6 Å². The summed E-state index contributed by atoms with van der Waals surface area (Å²) >= 11 is 0. The minimum Gasteiger partial charge on any atom is -0.455 e. The molecule has 1 aromatic carbocycles. The van der Waals surface area contributed by atoms with E-state index >= 15 is 0 Å². The molecule has 1 saturated carbocycles. The van der Waals surface area contributed by atoms with Crippen molar-refractivity contribution in [2.45, 2.75) is 51.0 Å². The zero-order chi connectivity index (χ0) is 19.7. The number of carbonyl (C=O) groups is 2. The van der Waals surface area contributed by atoms with E-state index in [2.05, 4.69) is 10.3 Å². The highest BCUT2D eigenvalue weighted by Crippen LogP contribution is 2.44. The van der Waals surface area contributed by atoms with E-state index in [-0.39, 0.29) is 17.4 Å². The van der Waals surface area contributed by atoms with Gasteiger partial charge in [0.2, 0.25) is 5.91 Å². The number of carbonyl (C=O) groups excluding carboxylic acids is 2. The first-order chi connectivity index (χ1) is 12.7. The molecule has 1 fully saturated rings. The molecular weight excluding hydrogens is 347 g/mol. The number of nitrogens with one attached hydrogen (secondary N) is 1. The first-order valence-corrected chi connectivity index (χ1v) is 8.97. The number of aromatic nitrogens is 1. The first kappa shape index (κ1) is 19.0. The van der Waals surface area contributed by atoms with Gasteiger partial charge >= 0.3 is 5.97 Å². The quantitative estimate of drug-likeness (QED) is 0.818. The number of esters is 1. The van der Waals surface area contributed by atoms with Gasteiger partial charge in [0, 0.05) is 11.9 Å². The van der Waals surface area contributed by atoms with Crippen LogP contribution in [0.1, 0.15) is 56.1 Å². The molecule has 1 aliphatic carbocycles. The molecular formula is C21H23FN2O3. The van der Waals surface area contributed by atoms with Gasteiger partial charge in [-0.25, -0.2) is 14.2 Å². The van der Waals surface area contributed by atoms with Crippen LogP contribution in [0.3, 0.4) is 0 Å². The van der Waals surface area contributed by atoms with Crippen molar-refractivity contribution in [1.82, 2.24) is 4.98 Å². The fourth-order valence-electron chi connectivity index (χ4n) is 3.09. The van der Waals surface area contributed by atoms with E-state index < -0.39 is 17.0 Å². The first-order valence-electron chi connectivity index (χ1n) is 8.97. The van der Waals surface area contributed by atoms with Gasteiger partial charge in [-0.3, -0.25) is 4.79 Å². The van der Waals surface area contributed by atoms with Gasteiger partial charge < -0.3 is 10.1 Å². The number of nitrogens with zero attached hydrogens (tertiary/aromatic N) is 1. The van der Waals surface area contributed by atoms with E-state index in [0.717, 1.165) is 12.0 Å². The van der Waals surface area contributed by atoms with Crippen LogP contribution in [0.25, 0.3) is 0 Å². The molecule has 6 heteroatoms. The Morgan fingerprint density at radius 2 is 1.78 bits per heavy atom. The van der Waals surface area contributed by atoms with Gasteiger partial charge in [-0.1, -0.05) is 12.5 Å². The number of benzene rings is 1. The molecule has 0 atom stereocenters. The van der Waals surface area contributed by atoms with Crippen molar-refractivity contribution in [2.75, 3.05) is 5.32 Å². The summed E-state index contributed by atoms with van der Waals surface area (Å²) < 4.78 is 18.4. The normalized spacial score (nSPS) is 15.6. The van der Waals surface area contributed by atoms with Crippen LogP contribution in [0.5, 0.6) is 0 Å². The molecule has 2 aromatic rings. The van der Waals surface area contributed by atoms with Crippen LogP contribution in [0.4, 0.5) is 10.1 Å². The number of halogens is 1. The Kier molecular flexibility index (Phi) is 5.00. The molecule has 142 valence electrons. The molecule has 0 saturated heterocycles. The maximum atomic E-state index is 13.0. The third kappa shape index (κ3) is 4.15. The molecule has 0 unspecified atom stereocenters. The third-order valence-corrected chi connectivity index (χ3v) is 4.67. The Morgan fingerprint density at radius 3 is 2.26 bits per heavy atom. The highest BCUT2D eigenvalue weighted by Gasteiger charge is 2.46. The predicted molar refractivity (Wildman–Crippen MR) is 100.0 cm³/mol. The van der Waals surface area contributed by atoms with E-state index in [9.17, 15) is 14.0 Å². The Morgan fingerprint density at radius 1 is 1.11 bits per heavy atom. The summed E-state index contributed by atoms with van der Waals surface area (Å²) in [5, 5.41) is 2.85. The Hall–Kier alpha value is -2.76. The van der Waals surface area contributed by atoms with E-state index in [0.29, 0.717) is 18.5 Å². The molecule has 3 rings (SSSR count). The number of rotatable bonds is 4. The van der Waals surface area contributed by atoms with Crippen LogP contribution < -0.4 is 5.32 Å². The second-order valence-electron chi connectivity index (χ2n) is 7.83. The van der Waals surface area contributed by atoms with E-state index in [1.807, 2.05) is 0 Å². The van der Waals surface area contributed by atoms with Gasteiger partial charge in [-0.05, 0) is 69.5 Å². The van der Waals surface area contributed by atoms with Crippen LogP contribution in [0, 0.1) is 5.82 Å². The third-order valence-electron chi connectivity index (χ3n) is 4.67. The average Bonchev–Trinajstić information content (AvgIpc) is 2.55. The van der Waals surface area contributed by atoms with Crippen LogP contribution in [-0.2, 0) is 14.9 Å². The van der Waals surface area contributed by atoms with Crippen molar-refractivity contribution in [3.8, 4) is 0 Å². The standard InChI is InChI=1S/C21H23FN2O3/c1-20(2,3)27-18(25)17-10-5-14(13-23-17)21(11-4-12-21)19(26)24-16-8-6-15(22)7-9-16/h5-10,13H,4,11-12H2,1-3H3,(H,24,26). The molecule has 5 nitrogen and oxygen atoms in total. The summed E-state index contributed by atoms with van der Waals surface area (Å²) in [4.78, 5) is 29.2. The molecule has 0 bridgehead atoms. The number of ether oxygens (including phenoxy) is 1. The van der Waals surface area contributed by atoms with Crippen molar-refractivity contribution in [1.29, 1.82) is 0 Å². The lowest BCUT2D eigenvalue weighted by molar-refractivity contribution is -0.124. The summed E-state index contributed by atoms with van der Waals surface area (Å²) in [6.07, 6.45) is 3.91. The SMILES string of the molecule is CC(C)(C)OC(=O)c1ccc(C2(C(=O)Nc3ccc(F)cc3)CCC2)cn1. The molecule has 0 radical (unpaired) electrons. The van der Waals surface area contributed by atoms with Gasteiger partial charge in [0.15, 0.2) is 0 Å². The minimum atomic E-state index is -0.673. The smallest absolute Gasteiger partial charge is 0.357 e. The summed E-state index contributed by atoms with van der Waals surface area (Å²) in [5.74, 6) is -0.993. The molecule has 27 heavy (non-hydrogen) atoms. The van der Waals surface area contributed by atoms with E-state index in [4.69, 9.17) is 4.74 Å². The fraction of sp³-hybridized carbons (Fsp3) is 0.381. The van der Waals surface area contributed by atoms with Crippen molar-refractivity contribution in [3.63, 3.8) is 0 Å². The van der Waals surface area contributed by atoms with E-state index in [1.54, 1.807) is 39.1 Å². The lowest BCUT2D eigenvalue weighted by Gasteiger charge is -2.40. The number of hydrogen-bond donors (Lipinski definition) is 1. The monoisotopic (exact) mass is 370 g/mol. The highest BCUT2D eigenvalue weighted by molar-refractivity contribution is 6.00. The van der Waals surface area contributed by atoms with E-state index in [1.165, 1.54) is 24.3 Å². The lowest BCUT2D eigenvalue weighted by atomic mass is 9.64. The fourth-order valence-corrected chi connectivity index (χ4v) is 3.09. The van der Waals surface area contributed by atoms with Gasteiger partial charge in [0.1, 0.15) is 17.1 Å². The zero-order valence-electron chi connectivity index (χ0n) is 15.7. The van der Waals surface area contributed by atoms with Crippen LogP contribution in [0.2, 0.25) is 0 Å². The topological polar surface area (TPSA) is 68.3 Å². The average molecular weight is 370 g/mol. The Labute approximate surface area is 158 Å². The zero-order valence-corrected chi connectivity index (χ0v) is 15.7. The molecule has 1 aromatic heterocycles. The maximum absolute atomic E-state index is 13.0. The number of amides is 1. The van der Waals surface area contributed by atoms with Gasteiger partial charge in [-0.15, -0.1) is 0 Å². The molecule has 1 aliphatic rings. The Balaban J connectivity index is 1.77. The summed E-state index contributed by atoms with van der Waals surface area (Å²) in [5.41, 5.74) is 0.254. The minimum absolute atomic E-state index is 0.146. The van der Waals surface area contributed by atoms with Crippen molar-refractivity contribution < 1.29 is 18.7 Å². The lowest BCUT2D eigenvalue weighted by Crippen LogP contribution is -2.46. The number of anilines is 1. The summed E-state index contributed by atoms with van der Waals surface area (Å²) in [7, 11) is 0. The summed E-state index contributed by atoms with van der Waals surface area (Å²) in [6.45, 7) is 5.38. The molecule has 1 N–H and O–H groups in total. The largest absolute Gasteiger partial charge is 0.455 e. The predicted octanol–water partition coefficient (Wildman–Crippen LogP) is 4.24. The molecule has 1 amide bonds. The van der Waals surface area contributed by atoms with Gasteiger partial charge in [-0.2, -0.15) is 0 Å². The summed E-state index contributed by atoms with van der Waals surface area (Å²) in [6, 6.07) is 9.03. The second kappa shape index (κ2) is 7.10. The van der Waals surface area contributed by atoms with Crippen LogP contribution >= 0.6 is 0 Å². The molecule has 1 heterocycles. The maximum Gasteiger partial charge on any atom is 0.357 e. The highest BCUT2D eigenvalue weighted by atomic mass is 19.1.